The van der Waals surface area contributed by atoms with Crippen molar-refractivity contribution < 1.29 is 4.79 Å². The molecule has 5 heteroatoms. The van der Waals surface area contributed by atoms with Gasteiger partial charge in [0, 0.05) is 48.9 Å². The molecule has 2 N–H and O–H groups in total. The molecule has 0 aliphatic carbocycles. The lowest BCUT2D eigenvalue weighted by atomic mass is 10.1. The van der Waals surface area contributed by atoms with Gasteiger partial charge in [-0.1, -0.05) is 0 Å². The van der Waals surface area contributed by atoms with Gasteiger partial charge in [0.2, 0.25) is 5.91 Å². The Balaban J connectivity index is 1.24. The summed E-state index contributed by atoms with van der Waals surface area (Å²) in [5.74, 6) is -0.0316. The molecule has 2 aliphatic rings. The van der Waals surface area contributed by atoms with Crippen LogP contribution in [-0.4, -0.2) is 38.6 Å². The second-order valence-electron chi connectivity index (χ2n) is 8.09. The lowest BCUT2D eigenvalue weighted by Gasteiger charge is -2.29. The Hall–Kier alpha value is -2.69. The topological polar surface area (TPSA) is 47.6 Å². The van der Waals surface area contributed by atoms with Crippen molar-refractivity contribution in [1.82, 2.24) is 0 Å². The molecule has 0 bridgehead atoms. The van der Waals surface area contributed by atoms with Gasteiger partial charge in [0.1, 0.15) is 0 Å². The summed E-state index contributed by atoms with van der Waals surface area (Å²) in [6.07, 6.45) is 7.76. The van der Waals surface area contributed by atoms with Crippen molar-refractivity contribution in [2.45, 2.75) is 38.5 Å². The van der Waals surface area contributed by atoms with E-state index in [1.165, 1.54) is 49.9 Å². The van der Waals surface area contributed by atoms with Gasteiger partial charge >= 0.3 is 0 Å². The van der Waals surface area contributed by atoms with E-state index in [9.17, 15) is 4.79 Å². The van der Waals surface area contributed by atoms with Crippen LogP contribution in [-0.2, 0) is 4.79 Å². The first-order valence-electron chi connectivity index (χ1n) is 11.0. The van der Waals surface area contributed by atoms with Gasteiger partial charge in [0.05, 0.1) is 6.54 Å². The van der Waals surface area contributed by atoms with Crippen LogP contribution in [0.5, 0.6) is 0 Å². The predicted octanol–water partition coefficient (Wildman–Crippen LogP) is 4.72. The Morgan fingerprint density at radius 2 is 1.10 bits per heavy atom. The fraction of sp³-hybridized carbons (Fsp3) is 0.458. The van der Waals surface area contributed by atoms with E-state index in [0.29, 0.717) is 0 Å². The first-order chi connectivity index (χ1) is 14.3. The highest BCUT2D eigenvalue weighted by molar-refractivity contribution is 5.93. The summed E-state index contributed by atoms with van der Waals surface area (Å²) in [5.41, 5.74) is 4.34. The quantitative estimate of drug-likeness (QED) is 0.747. The Bertz CT molecular complexity index is 776. The van der Waals surface area contributed by atoms with Gasteiger partial charge in [-0.3, -0.25) is 4.79 Å². The van der Waals surface area contributed by atoms with Gasteiger partial charge in [-0.15, -0.1) is 0 Å². The molecule has 2 aromatic carbocycles. The number of carbonyl (C=O) groups is 1. The van der Waals surface area contributed by atoms with Crippen LogP contribution >= 0.6 is 0 Å². The van der Waals surface area contributed by atoms with Crippen LogP contribution in [0.3, 0.4) is 0 Å². The minimum Gasteiger partial charge on any atom is -0.376 e. The number of piperidine rings is 2. The van der Waals surface area contributed by atoms with E-state index in [-0.39, 0.29) is 12.5 Å². The summed E-state index contributed by atoms with van der Waals surface area (Å²) in [4.78, 5) is 17.2. The molecule has 2 fully saturated rings. The molecular formula is C24H32N4O. The van der Waals surface area contributed by atoms with Gasteiger partial charge in [-0.25, -0.2) is 0 Å². The molecule has 0 radical (unpaired) electrons. The van der Waals surface area contributed by atoms with Crippen LogP contribution in [0.15, 0.2) is 48.5 Å². The average Bonchev–Trinajstić information content (AvgIpc) is 2.80. The zero-order valence-corrected chi connectivity index (χ0v) is 17.2. The van der Waals surface area contributed by atoms with E-state index < -0.39 is 0 Å². The highest BCUT2D eigenvalue weighted by Gasteiger charge is 2.12. The Labute approximate surface area is 174 Å². The number of hydrogen-bond donors (Lipinski definition) is 2. The Kier molecular flexibility index (Phi) is 6.55. The van der Waals surface area contributed by atoms with Crippen LogP contribution in [0, 0.1) is 0 Å². The largest absolute Gasteiger partial charge is 0.376 e. The summed E-state index contributed by atoms with van der Waals surface area (Å²) >= 11 is 0. The monoisotopic (exact) mass is 392 g/mol. The van der Waals surface area contributed by atoms with Gasteiger partial charge in [0.25, 0.3) is 0 Å². The molecule has 0 unspecified atom stereocenters. The van der Waals surface area contributed by atoms with E-state index >= 15 is 0 Å². The summed E-state index contributed by atoms with van der Waals surface area (Å²) in [6, 6.07) is 16.6. The number of amides is 1. The molecule has 0 atom stereocenters. The molecule has 0 spiro atoms. The first kappa shape index (κ1) is 19.6. The predicted molar refractivity (Wildman–Crippen MR) is 122 cm³/mol. The fourth-order valence-corrected chi connectivity index (χ4v) is 4.24. The summed E-state index contributed by atoms with van der Waals surface area (Å²) in [7, 11) is 0. The molecular weight excluding hydrogens is 360 g/mol. The number of hydrogen-bond acceptors (Lipinski definition) is 4. The van der Waals surface area contributed by atoms with Crippen LogP contribution in [0.1, 0.15) is 38.5 Å². The number of nitrogens with one attached hydrogen (secondary N) is 2. The minimum absolute atomic E-state index is 0.0316. The van der Waals surface area contributed by atoms with Crippen LogP contribution in [0.4, 0.5) is 22.7 Å². The molecule has 0 aromatic heterocycles. The fourth-order valence-electron chi connectivity index (χ4n) is 4.24. The van der Waals surface area contributed by atoms with Crippen LogP contribution < -0.4 is 20.4 Å². The molecule has 1 amide bonds. The third-order valence-corrected chi connectivity index (χ3v) is 5.91. The lowest BCUT2D eigenvalue weighted by Crippen LogP contribution is -2.29. The minimum atomic E-state index is -0.0316. The van der Waals surface area contributed by atoms with Gasteiger partial charge in [-0.2, -0.15) is 0 Å². The van der Waals surface area contributed by atoms with Crippen molar-refractivity contribution in [3.63, 3.8) is 0 Å². The molecule has 2 aliphatic heterocycles. The average molecular weight is 393 g/mol. The second kappa shape index (κ2) is 9.68. The zero-order valence-electron chi connectivity index (χ0n) is 17.2. The van der Waals surface area contributed by atoms with E-state index in [2.05, 4.69) is 56.8 Å². The maximum absolute atomic E-state index is 12.3. The van der Waals surface area contributed by atoms with E-state index in [0.717, 1.165) is 37.6 Å². The molecule has 0 saturated carbocycles. The molecule has 2 heterocycles. The van der Waals surface area contributed by atoms with Crippen molar-refractivity contribution in [3.8, 4) is 0 Å². The van der Waals surface area contributed by atoms with Crippen LogP contribution in [0.25, 0.3) is 0 Å². The molecule has 29 heavy (non-hydrogen) atoms. The van der Waals surface area contributed by atoms with Crippen molar-refractivity contribution in [2.24, 2.45) is 0 Å². The highest BCUT2D eigenvalue weighted by Crippen LogP contribution is 2.23. The third kappa shape index (κ3) is 5.43. The highest BCUT2D eigenvalue weighted by atomic mass is 16.1. The van der Waals surface area contributed by atoms with Crippen molar-refractivity contribution in [1.29, 1.82) is 0 Å². The smallest absolute Gasteiger partial charge is 0.243 e. The number of nitrogens with zero attached hydrogens (tertiary/aromatic N) is 2. The summed E-state index contributed by atoms with van der Waals surface area (Å²) in [6.45, 7) is 4.81. The van der Waals surface area contributed by atoms with E-state index in [1.807, 2.05) is 12.1 Å². The standard InChI is InChI=1S/C24H32N4O/c29-24(26-21-9-13-23(14-10-21)28-17-5-2-6-18-28)19-25-20-7-11-22(12-8-20)27-15-3-1-4-16-27/h7-14,25H,1-6,15-19H2,(H,26,29). The Morgan fingerprint density at radius 1 is 0.655 bits per heavy atom. The van der Waals surface area contributed by atoms with Gasteiger partial charge in [-0.05, 0) is 87.1 Å². The number of carbonyl (C=O) groups excluding carboxylic acids is 1. The van der Waals surface area contributed by atoms with E-state index in [4.69, 9.17) is 0 Å². The van der Waals surface area contributed by atoms with Crippen molar-refractivity contribution >= 4 is 28.7 Å². The summed E-state index contributed by atoms with van der Waals surface area (Å²) < 4.78 is 0. The maximum Gasteiger partial charge on any atom is 0.243 e. The number of benzene rings is 2. The molecule has 2 saturated heterocycles. The van der Waals surface area contributed by atoms with E-state index in [1.54, 1.807) is 0 Å². The zero-order chi connectivity index (χ0) is 19.9. The van der Waals surface area contributed by atoms with Crippen molar-refractivity contribution in [3.05, 3.63) is 48.5 Å². The molecule has 5 nitrogen and oxygen atoms in total. The first-order valence-corrected chi connectivity index (χ1v) is 11.0. The van der Waals surface area contributed by atoms with Gasteiger partial charge < -0.3 is 20.4 Å². The summed E-state index contributed by atoms with van der Waals surface area (Å²) in [5, 5.41) is 6.20. The number of rotatable bonds is 6. The Morgan fingerprint density at radius 3 is 1.59 bits per heavy atom. The SMILES string of the molecule is O=C(CNc1ccc(N2CCCCC2)cc1)Nc1ccc(N2CCCCC2)cc1. The van der Waals surface area contributed by atoms with Crippen LogP contribution in [0.2, 0.25) is 0 Å². The lowest BCUT2D eigenvalue weighted by molar-refractivity contribution is -0.114. The normalized spacial score (nSPS) is 17.1. The molecule has 154 valence electrons. The second-order valence-corrected chi connectivity index (χ2v) is 8.09. The number of anilines is 4. The molecule has 2 aromatic rings. The van der Waals surface area contributed by atoms with Gasteiger partial charge in [0.15, 0.2) is 0 Å². The third-order valence-electron chi connectivity index (χ3n) is 5.91. The van der Waals surface area contributed by atoms with Crippen molar-refractivity contribution in [2.75, 3.05) is 53.2 Å². The molecule has 4 rings (SSSR count). The maximum atomic E-state index is 12.3.